The van der Waals surface area contributed by atoms with Crippen LogP contribution in [0.4, 0.5) is 17.1 Å². The van der Waals surface area contributed by atoms with Gasteiger partial charge in [-0.1, -0.05) is 23.7 Å². The molecule has 3 N–H and O–H groups in total. The molecule has 2 amide bonds. The molecule has 1 aliphatic rings. The third kappa shape index (κ3) is 4.27. The number of nitrogens with one attached hydrogen (secondary N) is 1. The van der Waals surface area contributed by atoms with Gasteiger partial charge in [0.1, 0.15) is 11.3 Å². The number of carbonyl (C=O) groups excluding carboxylic acids is 3. The molecule has 1 aliphatic heterocycles. The summed E-state index contributed by atoms with van der Waals surface area (Å²) in [6.45, 7) is 1.24. The number of nitrogens with zero attached hydrogens (tertiary/aromatic N) is 1. The molecule has 3 rings (SSSR count). The number of hydrogen-bond acceptors (Lipinski definition) is 6. The van der Waals surface area contributed by atoms with Gasteiger partial charge >= 0.3 is 5.97 Å². The second kappa shape index (κ2) is 8.40. The van der Waals surface area contributed by atoms with E-state index in [1.165, 1.54) is 24.1 Å². The van der Waals surface area contributed by atoms with Gasteiger partial charge in [-0.25, -0.2) is 4.79 Å². The summed E-state index contributed by atoms with van der Waals surface area (Å²) < 4.78 is 10.3. The van der Waals surface area contributed by atoms with Crippen molar-refractivity contribution < 1.29 is 23.9 Å². The number of nitrogen functional groups attached to an aromatic ring is 1. The van der Waals surface area contributed by atoms with E-state index in [0.717, 1.165) is 0 Å². The van der Waals surface area contributed by atoms with Crippen LogP contribution in [0, 0.1) is 0 Å². The van der Waals surface area contributed by atoms with Gasteiger partial charge in [-0.3, -0.25) is 9.59 Å². The topological polar surface area (TPSA) is 111 Å². The SMILES string of the molecule is COc1cc(N)c(Cl)cc1C(=O)OCC(=O)N1c2ccccc2NC(=O)C[C@H]1C. The van der Waals surface area contributed by atoms with Crippen molar-refractivity contribution in [2.24, 2.45) is 0 Å². The third-order valence-electron chi connectivity index (χ3n) is 4.49. The highest BCUT2D eigenvalue weighted by atomic mass is 35.5. The second-order valence-corrected chi connectivity index (χ2v) is 6.94. The summed E-state index contributed by atoms with van der Waals surface area (Å²) in [6, 6.07) is 9.27. The van der Waals surface area contributed by atoms with Gasteiger partial charge in [-0.05, 0) is 25.1 Å². The predicted octanol–water partition coefficient (Wildman–Crippen LogP) is 2.85. The van der Waals surface area contributed by atoms with E-state index >= 15 is 0 Å². The number of rotatable bonds is 4. The number of nitrogens with two attached hydrogens (primary N) is 1. The summed E-state index contributed by atoms with van der Waals surface area (Å²) in [5.41, 5.74) is 7.09. The van der Waals surface area contributed by atoms with Crippen LogP contribution >= 0.6 is 11.6 Å². The van der Waals surface area contributed by atoms with Crippen molar-refractivity contribution in [1.29, 1.82) is 0 Å². The Morgan fingerprint density at radius 1 is 1.31 bits per heavy atom. The first kappa shape index (κ1) is 20.5. The maximum atomic E-state index is 12.9. The smallest absolute Gasteiger partial charge is 0.342 e. The lowest BCUT2D eigenvalue weighted by Crippen LogP contribution is -2.41. The molecule has 0 aromatic heterocycles. The molecule has 0 unspecified atom stereocenters. The van der Waals surface area contributed by atoms with Crippen molar-refractivity contribution in [2.75, 3.05) is 29.7 Å². The number of hydrogen-bond donors (Lipinski definition) is 2. The fourth-order valence-electron chi connectivity index (χ4n) is 3.14. The molecular weight excluding hydrogens is 398 g/mol. The molecular formula is C20H20ClN3O5. The standard InChI is InChI=1S/C20H20ClN3O5/c1-11-7-18(25)23-15-5-3-4-6-16(15)24(11)19(26)10-29-20(27)12-8-13(21)14(22)9-17(12)28-2/h3-6,8-9,11H,7,10,22H2,1-2H3,(H,23,25)/t11-/m1/s1. The van der Waals surface area contributed by atoms with Gasteiger partial charge in [-0.2, -0.15) is 0 Å². The van der Waals surface area contributed by atoms with Gasteiger partial charge in [0.25, 0.3) is 5.91 Å². The number of benzene rings is 2. The van der Waals surface area contributed by atoms with E-state index in [2.05, 4.69) is 5.32 Å². The molecule has 0 aliphatic carbocycles. The molecule has 0 radical (unpaired) electrons. The van der Waals surface area contributed by atoms with E-state index in [0.29, 0.717) is 11.4 Å². The molecule has 2 aromatic carbocycles. The van der Waals surface area contributed by atoms with E-state index in [-0.39, 0.29) is 34.4 Å². The summed E-state index contributed by atoms with van der Waals surface area (Å²) in [4.78, 5) is 38.8. The van der Waals surface area contributed by atoms with E-state index in [9.17, 15) is 14.4 Å². The highest BCUT2D eigenvalue weighted by molar-refractivity contribution is 6.33. The van der Waals surface area contributed by atoms with Gasteiger partial charge in [0.05, 0.1) is 29.2 Å². The number of amides is 2. The number of fused-ring (bicyclic) bond motifs is 1. The molecule has 0 saturated heterocycles. The van der Waals surface area contributed by atoms with Gasteiger partial charge in [0.15, 0.2) is 6.61 Å². The first-order valence-electron chi connectivity index (χ1n) is 8.83. The van der Waals surface area contributed by atoms with Crippen LogP contribution in [0.25, 0.3) is 0 Å². The van der Waals surface area contributed by atoms with Crippen LogP contribution in [0.15, 0.2) is 36.4 Å². The maximum Gasteiger partial charge on any atom is 0.342 e. The minimum absolute atomic E-state index is 0.0562. The van der Waals surface area contributed by atoms with Crippen LogP contribution in [-0.2, 0) is 14.3 Å². The summed E-state index contributed by atoms with van der Waals surface area (Å²) in [7, 11) is 1.38. The van der Waals surface area contributed by atoms with Crippen LogP contribution in [0.2, 0.25) is 5.02 Å². The molecule has 2 aromatic rings. The molecule has 0 bridgehead atoms. The fraction of sp³-hybridized carbons (Fsp3) is 0.250. The molecule has 0 spiro atoms. The largest absolute Gasteiger partial charge is 0.496 e. The summed E-state index contributed by atoms with van der Waals surface area (Å²) in [6.07, 6.45) is 0.121. The zero-order valence-corrected chi connectivity index (χ0v) is 16.7. The Balaban J connectivity index is 1.79. The maximum absolute atomic E-state index is 12.9. The number of para-hydroxylation sites is 2. The van der Waals surface area contributed by atoms with Gasteiger partial charge < -0.3 is 25.4 Å². The average molecular weight is 418 g/mol. The lowest BCUT2D eigenvalue weighted by molar-refractivity contribution is -0.122. The lowest BCUT2D eigenvalue weighted by atomic mass is 10.1. The number of esters is 1. The summed E-state index contributed by atoms with van der Waals surface area (Å²) in [5.74, 6) is -1.25. The monoisotopic (exact) mass is 417 g/mol. The van der Waals surface area contributed by atoms with E-state index in [4.69, 9.17) is 26.8 Å². The quantitative estimate of drug-likeness (QED) is 0.584. The van der Waals surface area contributed by atoms with Crippen LogP contribution in [0.5, 0.6) is 5.75 Å². The minimum Gasteiger partial charge on any atom is -0.496 e. The first-order valence-corrected chi connectivity index (χ1v) is 9.20. The number of carbonyl (C=O) groups is 3. The summed E-state index contributed by atoms with van der Waals surface area (Å²) >= 11 is 5.98. The molecule has 0 fully saturated rings. The van der Waals surface area contributed by atoms with Crippen molar-refractivity contribution in [3.05, 3.63) is 47.0 Å². The van der Waals surface area contributed by atoms with Crippen LogP contribution in [-0.4, -0.2) is 37.5 Å². The Kier molecular flexibility index (Phi) is 5.93. The highest BCUT2D eigenvalue weighted by Gasteiger charge is 2.30. The molecule has 0 saturated carbocycles. The van der Waals surface area contributed by atoms with Crippen molar-refractivity contribution in [1.82, 2.24) is 0 Å². The van der Waals surface area contributed by atoms with Gasteiger partial charge in [-0.15, -0.1) is 0 Å². The predicted molar refractivity (Wildman–Crippen MR) is 109 cm³/mol. The minimum atomic E-state index is -0.776. The van der Waals surface area contributed by atoms with Gasteiger partial charge in [0, 0.05) is 18.5 Å². The molecule has 1 atom stereocenters. The average Bonchev–Trinajstić information content (AvgIpc) is 2.81. The fourth-order valence-corrected chi connectivity index (χ4v) is 3.30. The van der Waals surface area contributed by atoms with Crippen molar-refractivity contribution >= 4 is 46.4 Å². The molecule has 1 heterocycles. The van der Waals surface area contributed by atoms with E-state index in [1.807, 2.05) is 0 Å². The number of ether oxygens (including phenoxy) is 2. The molecule has 8 nitrogen and oxygen atoms in total. The van der Waals surface area contributed by atoms with E-state index < -0.39 is 24.5 Å². The Bertz CT molecular complexity index is 979. The Morgan fingerprint density at radius 3 is 2.76 bits per heavy atom. The summed E-state index contributed by atoms with van der Waals surface area (Å²) in [5, 5.41) is 2.94. The Hall–Kier alpha value is -3.26. The van der Waals surface area contributed by atoms with E-state index in [1.54, 1.807) is 31.2 Å². The number of halogens is 1. The number of methoxy groups -OCH3 is 1. The Labute approximate surface area is 172 Å². The molecule has 29 heavy (non-hydrogen) atoms. The zero-order chi connectivity index (χ0) is 21.1. The van der Waals surface area contributed by atoms with Crippen LogP contribution in [0.1, 0.15) is 23.7 Å². The normalized spacial score (nSPS) is 15.8. The van der Waals surface area contributed by atoms with Crippen molar-refractivity contribution in [2.45, 2.75) is 19.4 Å². The second-order valence-electron chi connectivity index (χ2n) is 6.53. The van der Waals surface area contributed by atoms with Crippen LogP contribution < -0.4 is 20.7 Å². The highest BCUT2D eigenvalue weighted by Crippen LogP contribution is 2.32. The van der Waals surface area contributed by atoms with Crippen molar-refractivity contribution in [3.8, 4) is 5.75 Å². The lowest BCUT2D eigenvalue weighted by Gasteiger charge is -2.27. The Morgan fingerprint density at radius 2 is 2.03 bits per heavy atom. The zero-order valence-electron chi connectivity index (χ0n) is 15.9. The molecule has 152 valence electrons. The first-order chi connectivity index (χ1) is 13.8. The van der Waals surface area contributed by atoms with Gasteiger partial charge in [0.2, 0.25) is 5.91 Å². The molecule has 9 heteroatoms. The van der Waals surface area contributed by atoms with Crippen molar-refractivity contribution in [3.63, 3.8) is 0 Å². The number of anilines is 3. The third-order valence-corrected chi connectivity index (χ3v) is 4.82. The van der Waals surface area contributed by atoms with Crippen LogP contribution in [0.3, 0.4) is 0 Å².